The highest BCUT2D eigenvalue weighted by Crippen LogP contribution is 2.51. The molecule has 0 radical (unpaired) electrons. The van der Waals surface area contributed by atoms with Crippen LogP contribution in [0.15, 0.2) is 48.7 Å². The van der Waals surface area contributed by atoms with Crippen molar-refractivity contribution in [2.45, 2.75) is 18.4 Å². The first-order chi connectivity index (χ1) is 10.6. The third-order valence-corrected chi connectivity index (χ3v) is 4.49. The van der Waals surface area contributed by atoms with Gasteiger partial charge in [-0.15, -0.1) is 0 Å². The van der Waals surface area contributed by atoms with Crippen LogP contribution in [0.5, 0.6) is 0 Å². The molecule has 1 fully saturated rings. The number of carbonyl (C=O) groups is 1. The molecule has 22 heavy (non-hydrogen) atoms. The van der Waals surface area contributed by atoms with Gasteiger partial charge in [0.15, 0.2) is 11.6 Å². The normalized spacial score (nSPS) is 15.9. The molecule has 0 amide bonds. The van der Waals surface area contributed by atoms with Gasteiger partial charge in [0.2, 0.25) is 0 Å². The fourth-order valence-corrected chi connectivity index (χ4v) is 3.18. The van der Waals surface area contributed by atoms with Crippen molar-refractivity contribution in [3.8, 4) is 0 Å². The van der Waals surface area contributed by atoms with Crippen LogP contribution >= 0.6 is 0 Å². The largest absolute Gasteiger partial charge is 0.337 e. The molecule has 0 atom stereocenters. The van der Waals surface area contributed by atoms with E-state index in [1.54, 1.807) is 12.1 Å². The first kappa shape index (κ1) is 13.2. The van der Waals surface area contributed by atoms with E-state index in [4.69, 9.17) is 0 Å². The maximum Gasteiger partial charge on any atom is 0.159 e. The summed E-state index contributed by atoms with van der Waals surface area (Å²) in [5.41, 5.74) is 2.10. The Hall–Kier alpha value is -2.49. The van der Waals surface area contributed by atoms with Crippen molar-refractivity contribution in [1.29, 1.82) is 0 Å². The molecule has 0 N–H and O–H groups in total. The molecule has 0 aliphatic heterocycles. The second kappa shape index (κ2) is 4.50. The summed E-state index contributed by atoms with van der Waals surface area (Å²) < 4.78 is 28.8. The van der Waals surface area contributed by atoms with Gasteiger partial charge < -0.3 is 4.57 Å². The molecule has 4 rings (SSSR count). The SMILES string of the molecule is O=Cc1ccc2c(ccn2C2(c3ccc(F)c(F)c3)CC2)c1. The number of halogens is 2. The maximum absolute atomic E-state index is 13.6. The Balaban J connectivity index is 1.87. The van der Waals surface area contributed by atoms with Gasteiger partial charge in [0.1, 0.15) is 6.29 Å². The number of hydrogen-bond donors (Lipinski definition) is 0. The minimum Gasteiger partial charge on any atom is -0.337 e. The van der Waals surface area contributed by atoms with Crippen molar-refractivity contribution >= 4 is 17.2 Å². The molecule has 4 heteroatoms. The molecule has 0 saturated heterocycles. The fraction of sp³-hybridized carbons (Fsp3) is 0.167. The Morgan fingerprint density at radius 3 is 2.50 bits per heavy atom. The molecule has 2 nitrogen and oxygen atoms in total. The molecular formula is C18H13F2NO. The summed E-state index contributed by atoms with van der Waals surface area (Å²) in [6.45, 7) is 0. The third kappa shape index (κ3) is 1.80. The Labute approximate surface area is 126 Å². The molecule has 1 aliphatic carbocycles. The summed E-state index contributed by atoms with van der Waals surface area (Å²) in [5.74, 6) is -1.64. The minimum absolute atomic E-state index is 0.307. The number of aldehydes is 1. The number of aromatic nitrogens is 1. The van der Waals surface area contributed by atoms with Crippen molar-refractivity contribution in [1.82, 2.24) is 4.57 Å². The molecule has 1 heterocycles. The number of benzene rings is 2. The van der Waals surface area contributed by atoms with E-state index >= 15 is 0 Å². The van der Waals surface area contributed by atoms with E-state index in [0.717, 1.165) is 35.6 Å². The van der Waals surface area contributed by atoms with Gasteiger partial charge >= 0.3 is 0 Å². The van der Waals surface area contributed by atoms with E-state index in [-0.39, 0.29) is 5.54 Å². The summed E-state index contributed by atoms with van der Waals surface area (Å²) in [5, 5.41) is 0.971. The summed E-state index contributed by atoms with van der Waals surface area (Å²) in [6, 6.07) is 11.6. The average Bonchev–Trinajstić information content (AvgIpc) is 3.23. The molecule has 1 aromatic heterocycles. The second-order valence-corrected chi connectivity index (χ2v) is 5.78. The molecule has 1 saturated carbocycles. The number of fused-ring (bicyclic) bond motifs is 1. The smallest absolute Gasteiger partial charge is 0.159 e. The van der Waals surface area contributed by atoms with E-state index in [9.17, 15) is 13.6 Å². The Kier molecular flexibility index (Phi) is 2.70. The zero-order valence-corrected chi connectivity index (χ0v) is 11.7. The summed E-state index contributed by atoms with van der Waals surface area (Å²) in [7, 11) is 0. The van der Waals surface area contributed by atoms with Crippen LogP contribution in [0.3, 0.4) is 0 Å². The number of hydrogen-bond acceptors (Lipinski definition) is 1. The van der Waals surface area contributed by atoms with Crippen molar-refractivity contribution in [2.75, 3.05) is 0 Å². The van der Waals surface area contributed by atoms with E-state index in [1.165, 1.54) is 12.1 Å². The molecule has 0 spiro atoms. The molecule has 2 aromatic carbocycles. The molecule has 1 aliphatic rings. The quantitative estimate of drug-likeness (QED) is 0.662. The monoisotopic (exact) mass is 297 g/mol. The van der Waals surface area contributed by atoms with Crippen LogP contribution in [-0.4, -0.2) is 10.9 Å². The van der Waals surface area contributed by atoms with Gasteiger partial charge in [-0.05, 0) is 54.8 Å². The highest BCUT2D eigenvalue weighted by atomic mass is 19.2. The van der Waals surface area contributed by atoms with Gasteiger partial charge in [-0.1, -0.05) is 6.07 Å². The second-order valence-electron chi connectivity index (χ2n) is 5.78. The minimum atomic E-state index is -0.826. The zero-order chi connectivity index (χ0) is 15.3. The van der Waals surface area contributed by atoms with Gasteiger partial charge in [0.05, 0.1) is 5.54 Å². The lowest BCUT2D eigenvalue weighted by atomic mass is 10.0. The molecule has 3 aromatic rings. The Morgan fingerprint density at radius 1 is 1.00 bits per heavy atom. The first-order valence-corrected chi connectivity index (χ1v) is 7.16. The predicted octanol–water partition coefficient (Wildman–Crippen LogP) is 4.27. The van der Waals surface area contributed by atoms with Crippen LogP contribution in [0.2, 0.25) is 0 Å². The van der Waals surface area contributed by atoms with Crippen LogP contribution in [0.25, 0.3) is 10.9 Å². The lowest BCUT2D eigenvalue weighted by Gasteiger charge is -2.20. The summed E-state index contributed by atoms with van der Waals surface area (Å²) >= 11 is 0. The topological polar surface area (TPSA) is 22.0 Å². The van der Waals surface area contributed by atoms with Crippen LogP contribution in [-0.2, 0) is 5.54 Å². The number of nitrogens with zero attached hydrogens (tertiary/aromatic N) is 1. The van der Waals surface area contributed by atoms with Gasteiger partial charge in [0, 0.05) is 22.7 Å². The van der Waals surface area contributed by atoms with Gasteiger partial charge in [-0.2, -0.15) is 0 Å². The maximum atomic E-state index is 13.6. The van der Waals surface area contributed by atoms with E-state index in [1.807, 2.05) is 24.4 Å². The highest BCUT2D eigenvalue weighted by molar-refractivity contribution is 5.88. The van der Waals surface area contributed by atoms with E-state index in [0.29, 0.717) is 5.56 Å². The summed E-state index contributed by atoms with van der Waals surface area (Å²) in [6.07, 6.45) is 4.54. The standard InChI is InChI=1S/C18H13F2NO/c19-15-3-2-14(10-16(15)20)18(6-7-18)21-8-5-13-9-12(11-22)1-4-17(13)21/h1-5,8-11H,6-7H2. The van der Waals surface area contributed by atoms with Gasteiger partial charge in [-0.3, -0.25) is 4.79 Å². The molecule has 0 unspecified atom stereocenters. The summed E-state index contributed by atoms with van der Waals surface area (Å²) in [4.78, 5) is 10.9. The van der Waals surface area contributed by atoms with Crippen LogP contribution in [0.1, 0.15) is 28.8 Å². The lowest BCUT2D eigenvalue weighted by Crippen LogP contribution is -2.18. The van der Waals surface area contributed by atoms with Crippen molar-refractivity contribution < 1.29 is 13.6 Å². The average molecular weight is 297 g/mol. The molecule has 110 valence electrons. The zero-order valence-electron chi connectivity index (χ0n) is 11.7. The highest BCUT2D eigenvalue weighted by Gasteiger charge is 2.46. The number of carbonyl (C=O) groups excluding carboxylic acids is 1. The molecule has 0 bridgehead atoms. The van der Waals surface area contributed by atoms with Crippen molar-refractivity contribution in [3.05, 3.63) is 71.4 Å². The van der Waals surface area contributed by atoms with E-state index < -0.39 is 11.6 Å². The third-order valence-electron chi connectivity index (χ3n) is 4.49. The Morgan fingerprint density at radius 2 is 1.82 bits per heavy atom. The first-order valence-electron chi connectivity index (χ1n) is 7.16. The Bertz CT molecular complexity index is 893. The van der Waals surface area contributed by atoms with Crippen molar-refractivity contribution in [2.24, 2.45) is 0 Å². The van der Waals surface area contributed by atoms with E-state index in [2.05, 4.69) is 4.57 Å². The van der Waals surface area contributed by atoms with Crippen LogP contribution in [0, 0.1) is 11.6 Å². The fourth-order valence-electron chi connectivity index (χ4n) is 3.18. The lowest BCUT2D eigenvalue weighted by molar-refractivity contribution is 0.112. The van der Waals surface area contributed by atoms with Crippen molar-refractivity contribution in [3.63, 3.8) is 0 Å². The van der Waals surface area contributed by atoms with Gasteiger partial charge in [-0.25, -0.2) is 8.78 Å². The van der Waals surface area contributed by atoms with Crippen LogP contribution in [0.4, 0.5) is 8.78 Å². The van der Waals surface area contributed by atoms with Crippen LogP contribution < -0.4 is 0 Å². The van der Waals surface area contributed by atoms with Gasteiger partial charge in [0.25, 0.3) is 0 Å². The molecular weight excluding hydrogens is 284 g/mol. The number of rotatable bonds is 3. The predicted molar refractivity (Wildman–Crippen MR) is 80.0 cm³/mol.